The molecule has 0 bridgehead atoms. The van der Waals surface area contributed by atoms with Gasteiger partial charge >= 0.3 is 0 Å². The topological polar surface area (TPSA) is 31.2 Å². The van der Waals surface area contributed by atoms with Gasteiger partial charge in [0.05, 0.1) is 26.2 Å². The molecule has 4 rings (SSSR count). The largest absolute Gasteiger partial charge is 0.368 e. The van der Waals surface area contributed by atoms with Gasteiger partial charge in [0.15, 0.2) is 6.54 Å². The van der Waals surface area contributed by atoms with Crippen LogP contribution in [-0.4, -0.2) is 69.7 Å². The van der Waals surface area contributed by atoms with Gasteiger partial charge in [0, 0.05) is 42.6 Å². The summed E-state index contributed by atoms with van der Waals surface area (Å²) in [7, 11) is 0. The van der Waals surface area contributed by atoms with E-state index >= 15 is 0 Å². The second-order valence-electron chi connectivity index (χ2n) is 8.48. The minimum absolute atomic E-state index is 0.293. The first-order valence-electron chi connectivity index (χ1n) is 10.9. The van der Waals surface area contributed by atoms with Crippen LogP contribution in [0, 0.1) is 13.8 Å². The molecule has 2 heterocycles. The molecule has 1 amide bonds. The van der Waals surface area contributed by atoms with Crippen LogP contribution in [0.5, 0.6) is 0 Å². The van der Waals surface area contributed by atoms with E-state index in [-0.39, 0.29) is 0 Å². The summed E-state index contributed by atoms with van der Waals surface area (Å²) in [6.45, 7) is 12.3. The summed E-state index contributed by atoms with van der Waals surface area (Å²) < 4.78 is 0. The molecule has 5 nitrogen and oxygen atoms in total. The number of carbonyl (C=O) groups is 1. The Balaban J connectivity index is 1.25. The van der Waals surface area contributed by atoms with Crippen molar-refractivity contribution in [2.75, 3.05) is 68.7 Å². The van der Waals surface area contributed by atoms with Crippen LogP contribution in [0.3, 0.4) is 0 Å². The summed E-state index contributed by atoms with van der Waals surface area (Å²) in [6, 6.07) is 14.5. The SMILES string of the molecule is Cc1cccc(N2CCN(C(=O)C[NH+]3CCN(c4cccc(Cl)c4)CC3)CC2)c1C. The number of anilines is 2. The minimum Gasteiger partial charge on any atom is -0.368 e. The van der Waals surface area contributed by atoms with Gasteiger partial charge in [-0.05, 0) is 49.2 Å². The highest BCUT2D eigenvalue weighted by Gasteiger charge is 2.27. The van der Waals surface area contributed by atoms with Crippen molar-refractivity contribution in [2.45, 2.75) is 13.8 Å². The van der Waals surface area contributed by atoms with Gasteiger partial charge in [-0.15, -0.1) is 0 Å². The Morgan fingerprint density at radius 2 is 1.63 bits per heavy atom. The van der Waals surface area contributed by atoms with Crippen LogP contribution >= 0.6 is 11.6 Å². The van der Waals surface area contributed by atoms with Crippen molar-refractivity contribution < 1.29 is 9.69 Å². The fourth-order valence-corrected chi connectivity index (χ4v) is 4.72. The number of amides is 1. The third-order valence-corrected chi connectivity index (χ3v) is 6.83. The number of nitrogens with zero attached hydrogens (tertiary/aromatic N) is 3. The normalized spacial score (nSPS) is 18.0. The minimum atomic E-state index is 0.293. The van der Waals surface area contributed by atoms with Gasteiger partial charge < -0.3 is 19.6 Å². The number of halogens is 1. The lowest BCUT2D eigenvalue weighted by atomic mass is 10.1. The van der Waals surface area contributed by atoms with Crippen molar-refractivity contribution in [3.8, 4) is 0 Å². The third kappa shape index (κ3) is 4.73. The van der Waals surface area contributed by atoms with Crippen molar-refractivity contribution in [3.05, 3.63) is 58.6 Å². The number of aryl methyl sites for hydroxylation is 1. The van der Waals surface area contributed by atoms with E-state index in [0.29, 0.717) is 12.5 Å². The molecular weight excluding hydrogens is 396 g/mol. The molecule has 6 heteroatoms. The number of hydrogen-bond acceptors (Lipinski definition) is 3. The summed E-state index contributed by atoms with van der Waals surface area (Å²) in [4.78, 5) is 21.1. The number of carbonyl (C=O) groups excluding carboxylic acids is 1. The van der Waals surface area contributed by atoms with Crippen LogP contribution in [-0.2, 0) is 4.79 Å². The number of hydrogen-bond donors (Lipinski definition) is 1. The average molecular weight is 428 g/mol. The quantitative estimate of drug-likeness (QED) is 0.809. The van der Waals surface area contributed by atoms with Crippen molar-refractivity contribution >= 4 is 28.9 Å². The summed E-state index contributed by atoms with van der Waals surface area (Å²) in [5.74, 6) is 0.293. The zero-order valence-electron chi connectivity index (χ0n) is 18.0. The van der Waals surface area contributed by atoms with Crippen molar-refractivity contribution in [1.29, 1.82) is 0 Å². The predicted octanol–water partition coefficient (Wildman–Crippen LogP) is 2.01. The van der Waals surface area contributed by atoms with E-state index in [1.54, 1.807) is 0 Å². The van der Waals surface area contributed by atoms with Gasteiger partial charge in [0.1, 0.15) is 0 Å². The van der Waals surface area contributed by atoms with Crippen molar-refractivity contribution in [1.82, 2.24) is 4.90 Å². The van der Waals surface area contributed by atoms with E-state index < -0.39 is 0 Å². The van der Waals surface area contributed by atoms with Gasteiger partial charge in [-0.25, -0.2) is 0 Å². The lowest BCUT2D eigenvalue weighted by Crippen LogP contribution is -3.16. The third-order valence-electron chi connectivity index (χ3n) is 6.59. The fraction of sp³-hybridized carbons (Fsp3) is 0.458. The highest BCUT2D eigenvalue weighted by atomic mass is 35.5. The molecule has 0 aliphatic carbocycles. The van der Waals surface area contributed by atoms with Crippen LogP contribution in [0.15, 0.2) is 42.5 Å². The van der Waals surface area contributed by atoms with Gasteiger partial charge in [0.25, 0.3) is 5.91 Å². The molecular formula is C24H32ClN4O+. The van der Waals surface area contributed by atoms with Crippen molar-refractivity contribution in [3.63, 3.8) is 0 Å². The van der Waals surface area contributed by atoms with Gasteiger partial charge in [-0.1, -0.05) is 29.8 Å². The zero-order valence-corrected chi connectivity index (χ0v) is 18.8. The maximum atomic E-state index is 12.9. The summed E-state index contributed by atoms with van der Waals surface area (Å²) in [5, 5.41) is 0.775. The highest BCUT2D eigenvalue weighted by Crippen LogP contribution is 2.24. The van der Waals surface area contributed by atoms with Crippen LogP contribution in [0.1, 0.15) is 11.1 Å². The first kappa shape index (κ1) is 21.0. The smallest absolute Gasteiger partial charge is 0.277 e. The van der Waals surface area contributed by atoms with E-state index in [2.05, 4.69) is 52.8 Å². The Labute approximate surface area is 184 Å². The Morgan fingerprint density at radius 3 is 2.33 bits per heavy atom. The summed E-state index contributed by atoms with van der Waals surface area (Å²) in [6.07, 6.45) is 0. The maximum absolute atomic E-state index is 12.9. The number of rotatable bonds is 4. The van der Waals surface area contributed by atoms with E-state index in [4.69, 9.17) is 11.6 Å². The Hall–Kier alpha value is -2.24. The Kier molecular flexibility index (Phi) is 6.49. The molecule has 0 atom stereocenters. The number of quaternary nitrogens is 1. The molecule has 30 heavy (non-hydrogen) atoms. The standard InChI is InChI=1S/C24H31ClN4O/c1-19-5-3-8-23(20(19)2)28-13-15-29(16-14-28)24(30)18-26-9-11-27(12-10-26)22-7-4-6-21(25)17-22/h3-8,17H,9-16,18H2,1-2H3/p+1. The molecule has 0 aromatic heterocycles. The molecule has 0 radical (unpaired) electrons. The highest BCUT2D eigenvalue weighted by molar-refractivity contribution is 6.30. The van der Waals surface area contributed by atoms with Gasteiger partial charge in [-0.3, -0.25) is 4.79 Å². The van der Waals surface area contributed by atoms with Crippen LogP contribution in [0.4, 0.5) is 11.4 Å². The first-order chi connectivity index (χ1) is 14.5. The predicted molar refractivity (Wildman–Crippen MR) is 124 cm³/mol. The molecule has 0 unspecified atom stereocenters. The average Bonchev–Trinajstić information content (AvgIpc) is 2.76. The van der Waals surface area contributed by atoms with E-state index in [1.165, 1.54) is 27.4 Å². The fourth-order valence-electron chi connectivity index (χ4n) is 4.53. The molecule has 0 saturated carbocycles. The van der Waals surface area contributed by atoms with E-state index in [0.717, 1.165) is 57.4 Å². The van der Waals surface area contributed by atoms with Crippen molar-refractivity contribution in [2.24, 2.45) is 0 Å². The molecule has 2 aliphatic rings. The lowest BCUT2D eigenvalue weighted by Gasteiger charge is -2.38. The number of benzene rings is 2. The second kappa shape index (κ2) is 9.27. The Bertz CT molecular complexity index is 887. The zero-order chi connectivity index (χ0) is 21.1. The van der Waals surface area contributed by atoms with Crippen LogP contribution in [0.2, 0.25) is 5.02 Å². The van der Waals surface area contributed by atoms with Crippen LogP contribution < -0.4 is 14.7 Å². The lowest BCUT2D eigenvalue weighted by molar-refractivity contribution is -0.892. The first-order valence-corrected chi connectivity index (χ1v) is 11.3. The molecule has 1 N–H and O–H groups in total. The molecule has 2 fully saturated rings. The van der Waals surface area contributed by atoms with Gasteiger partial charge in [-0.2, -0.15) is 0 Å². The molecule has 2 saturated heterocycles. The van der Waals surface area contributed by atoms with E-state index in [9.17, 15) is 4.79 Å². The molecule has 2 aromatic rings. The molecule has 2 aromatic carbocycles. The molecule has 160 valence electrons. The van der Waals surface area contributed by atoms with Crippen LogP contribution in [0.25, 0.3) is 0 Å². The number of nitrogens with one attached hydrogen (secondary N) is 1. The number of piperazine rings is 2. The molecule has 2 aliphatic heterocycles. The summed E-state index contributed by atoms with van der Waals surface area (Å²) >= 11 is 6.13. The van der Waals surface area contributed by atoms with E-state index in [1.807, 2.05) is 18.2 Å². The Morgan fingerprint density at radius 1 is 0.933 bits per heavy atom. The molecule has 0 spiro atoms. The second-order valence-corrected chi connectivity index (χ2v) is 8.92. The monoisotopic (exact) mass is 427 g/mol. The maximum Gasteiger partial charge on any atom is 0.277 e. The summed E-state index contributed by atoms with van der Waals surface area (Å²) in [5.41, 5.74) is 5.16. The van der Waals surface area contributed by atoms with Gasteiger partial charge in [0.2, 0.25) is 0 Å².